The first kappa shape index (κ1) is 47.5. The molecule has 0 bridgehead atoms. The van der Waals surface area contributed by atoms with E-state index in [1.807, 2.05) is 140 Å². The number of benzene rings is 6. The molecule has 0 fully saturated rings. The monoisotopic (exact) mass is 894 g/mol. The van der Waals surface area contributed by atoms with Crippen molar-refractivity contribution in [3.63, 3.8) is 0 Å². The van der Waals surface area contributed by atoms with Crippen molar-refractivity contribution in [1.29, 1.82) is 0 Å². The van der Waals surface area contributed by atoms with Crippen LogP contribution in [0.4, 0.5) is 0 Å². The fourth-order valence-electron chi connectivity index (χ4n) is 6.47. The third-order valence-electron chi connectivity index (χ3n) is 10.3. The molecule has 0 spiro atoms. The second-order valence-corrected chi connectivity index (χ2v) is 17.0. The van der Waals surface area contributed by atoms with Crippen molar-refractivity contribution in [3.8, 4) is 0 Å². The summed E-state index contributed by atoms with van der Waals surface area (Å²) in [6, 6.07) is 65.7. The van der Waals surface area contributed by atoms with Gasteiger partial charge in [0.05, 0.1) is 48.0 Å². The fraction of sp³-hybridized carbons (Fsp3) is 0.100. The van der Waals surface area contributed by atoms with Crippen molar-refractivity contribution >= 4 is 76.3 Å². The van der Waals surface area contributed by atoms with Crippen molar-refractivity contribution in [2.45, 2.75) is 27.7 Å². The van der Waals surface area contributed by atoms with Crippen LogP contribution in [0.5, 0.6) is 0 Å². The van der Waals surface area contributed by atoms with E-state index in [0.29, 0.717) is 22.8 Å². The van der Waals surface area contributed by atoms with E-state index < -0.39 is 21.0 Å². The number of rotatable bonds is 6. The summed E-state index contributed by atoms with van der Waals surface area (Å²) in [5.74, 6) is 0. The van der Waals surface area contributed by atoms with E-state index in [9.17, 15) is 0 Å². The van der Waals surface area contributed by atoms with Gasteiger partial charge in [0.1, 0.15) is 0 Å². The summed E-state index contributed by atoms with van der Waals surface area (Å²) >= 11 is 0. The van der Waals surface area contributed by atoms with E-state index in [4.69, 9.17) is 19.0 Å². The van der Waals surface area contributed by atoms with E-state index in [1.165, 1.54) is 10.6 Å². The quantitative estimate of drug-likeness (QED) is 0.126. The summed E-state index contributed by atoms with van der Waals surface area (Å²) in [7, 11) is -0.545. The maximum Gasteiger partial charge on any atom is 2.00 e. The zero-order valence-electron chi connectivity index (χ0n) is 36.1. The van der Waals surface area contributed by atoms with Crippen LogP contribution in [0, 0.1) is 0 Å². The molecular formula is C50H51B2FeN5O4P+. The van der Waals surface area contributed by atoms with Gasteiger partial charge in [-0.3, -0.25) is 4.98 Å². The van der Waals surface area contributed by atoms with E-state index in [1.54, 1.807) is 40.1 Å². The molecule has 0 saturated heterocycles. The molecule has 0 aliphatic carbocycles. The molecule has 1 aromatic heterocycles. The zero-order valence-corrected chi connectivity index (χ0v) is 38.2. The van der Waals surface area contributed by atoms with Gasteiger partial charge in [-0.1, -0.05) is 164 Å². The Morgan fingerprint density at radius 2 is 0.556 bits per heavy atom. The summed E-state index contributed by atoms with van der Waals surface area (Å²) in [4.78, 5) is 3.78. The number of pyridine rings is 1. The normalized spacial score (nSPS) is 17.6. The van der Waals surface area contributed by atoms with Gasteiger partial charge in [0.2, 0.25) is 0 Å². The van der Waals surface area contributed by atoms with E-state index in [2.05, 4.69) is 92.9 Å². The van der Waals surface area contributed by atoms with E-state index in [0.717, 1.165) is 21.9 Å². The van der Waals surface area contributed by atoms with Crippen LogP contribution in [0.3, 0.4) is 0 Å². The SMILES string of the molecule is CC1=N\O[B-](c2ccccc2)(c2ccccc2)O/N=C(C)/C(C)=N/O[B-](c2ccccc2)(c2ccccc2)O\N=C\1C.C[PH+](c1ccccc1)c1ccccc1.[Fe+2].c1ccncc1. The number of hydrogen-bond donors (Lipinski definition) is 0. The average Bonchev–Trinajstić information content (AvgIpc) is 3.36. The van der Waals surface area contributed by atoms with Crippen molar-refractivity contribution in [3.05, 3.63) is 213 Å². The van der Waals surface area contributed by atoms with E-state index in [-0.39, 0.29) is 17.1 Å². The summed E-state index contributed by atoms with van der Waals surface area (Å²) in [6.07, 6.45) is 3.50. The molecule has 0 N–H and O–H groups in total. The van der Waals surface area contributed by atoms with Gasteiger partial charge in [0, 0.05) is 12.4 Å². The van der Waals surface area contributed by atoms with Gasteiger partial charge in [-0.15, -0.1) is 42.5 Å². The molecule has 6 aromatic carbocycles. The Labute approximate surface area is 383 Å². The molecule has 0 saturated carbocycles. The third kappa shape index (κ3) is 12.7. The van der Waals surface area contributed by atoms with Crippen molar-refractivity contribution in [1.82, 2.24) is 4.98 Å². The van der Waals surface area contributed by atoms with Gasteiger partial charge in [-0.25, -0.2) is 0 Å². The van der Waals surface area contributed by atoms with Crippen molar-refractivity contribution < 1.29 is 36.1 Å². The Morgan fingerprint density at radius 3 is 0.762 bits per heavy atom. The number of nitrogens with zero attached hydrogens (tertiary/aromatic N) is 5. The number of aromatic nitrogens is 1. The third-order valence-corrected chi connectivity index (χ3v) is 12.7. The molecule has 1 aliphatic heterocycles. The van der Waals surface area contributed by atoms with Crippen LogP contribution < -0.4 is 32.5 Å². The summed E-state index contributed by atoms with van der Waals surface area (Å²) in [6.45, 7) is 4.74. The minimum absolute atomic E-state index is 0. The molecule has 1 aliphatic rings. The van der Waals surface area contributed by atoms with E-state index >= 15 is 0 Å². The Kier molecular flexibility index (Phi) is 18.2. The Morgan fingerprint density at radius 1 is 0.333 bits per heavy atom. The molecule has 63 heavy (non-hydrogen) atoms. The minimum Gasteiger partial charge on any atom is -0.567 e. The first-order valence-electron chi connectivity index (χ1n) is 20.5. The topological polar surface area (TPSA) is 99.2 Å². The van der Waals surface area contributed by atoms with Gasteiger partial charge < -0.3 is 19.0 Å². The molecule has 13 heteroatoms. The van der Waals surface area contributed by atoms with Crippen molar-refractivity contribution in [2.75, 3.05) is 6.66 Å². The number of oxime groups is 4. The van der Waals surface area contributed by atoms with Gasteiger partial charge in [0.15, 0.2) is 0 Å². The predicted molar refractivity (Wildman–Crippen MR) is 263 cm³/mol. The fourth-order valence-corrected chi connectivity index (χ4v) is 8.19. The predicted octanol–water partition coefficient (Wildman–Crippen LogP) is 7.64. The molecule has 0 atom stereocenters. The smallest absolute Gasteiger partial charge is 0.567 e. The van der Waals surface area contributed by atoms with Crippen LogP contribution in [0.1, 0.15) is 27.7 Å². The van der Waals surface area contributed by atoms with Gasteiger partial charge >= 0.3 is 30.2 Å². The molecule has 318 valence electrons. The molecule has 9 nitrogen and oxygen atoms in total. The Bertz CT molecular complexity index is 2220. The standard InChI is InChI=1S/C32H32B2N4O4.C13H13P.C5H5N.Fe/c1-25-26(2)36-40-34(31-21-13-7-14-22-31,32-23-15-8-16-24-32)42-38-28(4)27(3)37-41-33(39-35-25,29-17-9-5-10-18-29)30-19-11-6-12-20-30;1-14(12-8-4-2-5-9-12)13-10-6-3-7-11-13;1-2-4-6-5-3-1;/h5-24H,1-4H3;2-11H,1H3;1-5H;/q-2;;;+2/p+1/b35-25+,36-26+,37-27+,38-28+;;;. The Balaban J connectivity index is 0.000000291. The van der Waals surface area contributed by atoms with Crippen LogP contribution in [0.15, 0.2) is 233 Å². The summed E-state index contributed by atoms with van der Waals surface area (Å²) < 4.78 is 25.4. The Hall–Kier alpha value is -6.57. The molecule has 2 heterocycles. The average molecular weight is 894 g/mol. The van der Waals surface area contributed by atoms with Gasteiger partial charge in [-0.05, 0) is 64.1 Å². The second kappa shape index (κ2) is 24.2. The first-order chi connectivity index (χ1) is 30.3. The molecule has 7 aromatic rings. The molecular weight excluding hydrogens is 843 g/mol. The molecule has 0 unspecified atom stereocenters. The largest absolute Gasteiger partial charge is 2.00 e. The van der Waals surface area contributed by atoms with Crippen LogP contribution in [-0.2, 0) is 36.1 Å². The van der Waals surface area contributed by atoms with Crippen LogP contribution in [0.2, 0.25) is 0 Å². The molecule has 8 rings (SSSR count). The maximum atomic E-state index is 6.35. The van der Waals surface area contributed by atoms with Gasteiger partial charge in [-0.2, -0.15) is 0 Å². The van der Waals surface area contributed by atoms with Gasteiger partial charge in [0.25, 0.3) is 0 Å². The number of hydrogen-bond acceptors (Lipinski definition) is 9. The second-order valence-electron chi connectivity index (χ2n) is 14.6. The first-order valence-corrected chi connectivity index (χ1v) is 22.5. The summed E-state index contributed by atoms with van der Waals surface area (Å²) in [5.41, 5.74) is 4.99. The molecule has 0 radical (unpaired) electrons. The van der Waals surface area contributed by atoms with Crippen LogP contribution in [-0.4, -0.2) is 47.6 Å². The van der Waals surface area contributed by atoms with Crippen molar-refractivity contribution in [2.24, 2.45) is 20.6 Å². The van der Waals surface area contributed by atoms with Crippen LogP contribution in [0.25, 0.3) is 0 Å². The zero-order chi connectivity index (χ0) is 43.5. The maximum absolute atomic E-state index is 6.35. The minimum atomic E-state index is -2.39. The summed E-state index contributed by atoms with van der Waals surface area (Å²) in [5, 5.41) is 21.0. The van der Waals surface area contributed by atoms with Crippen LogP contribution >= 0.6 is 7.92 Å². The molecule has 0 amide bonds.